The van der Waals surface area contributed by atoms with Crippen molar-refractivity contribution in [2.24, 2.45) is 0 Å². The van der Waals surface area contributed by atoms with Gasteiger partial charge in [-0.3, -0.25) is 9.89 Å². The summed E-state index contributed by atoms with van der Waals surface area (Å²) in [6, 6.07) is 7.89. The maximum atomic E-state index is 12.5. The molecule has 7 heteroatoms. The zero-order valence-corrected chi connectivity index (χ0v) is 14.8. The Labute approximate surface area is 148 Å². The highest BCUT2D eigenvalue weighted by molar-refractivity contribution is 5.93. The van der Waals surface area contributed by atoms with Crippen molar-refractivity contribution >= 4 is 18.3 Å². The smallest absolute Gasteiger partial charge is 0.274 e. The number of rotatable bonds is 5. The van der Waals surface area contributed by atoms with Gasteiger partial charge in [0.1, 0.15) is 12.4 Å². The topological polar surface area (TPSA) is 70.2 Å². The molecule has 24 heavy (non-hydrogen) atoms. The zero-order valence-electron chi connectivity index (χ0n) is 14.0. The molecule has 1 aliphatic heterocycles. The Morgan fingerprint density at radius 3 is 3.04 bits per heavy atom. The third-order valence-electron chi connectivity index (χ3n) is 4.04. The van der Waals surface area contributed by atoms with Crippen molar-refractivity contribution < 1.29 is 9.53 Å². The van der Waals surface area contributed by atoms with Crippen molar-refractivity contribution in [1.82, 2.24) is 20.4 Å². The van der Waals surface area contributed by atoms with Crippen molar-refractivity contribution in [3.8, 4) is 5.75 Å². The van der Waals surface area contributed by atoms with Crippen molar-refractivity contribution in [3.63, 3.8) is 0 Å². The van der Waals surface area contributed by atoms with E-state index in [0.717, 1.165) is 35.5 Å². The molecule has 2 N–H and O–H groups in total. The van der Waals surface area contributed by atoms with E-state index in [1.807, 2.05) is 31.2 Å². The average Bonchev–Trinajstić information content (AvgIpc) is 2.98. The van der Waals surface area contributed by atoms with Gasteiger partial charge in [-0.25, -0.2) is 0 Å². The minimum absolute atomic E-state index is 0. The molecule has 0 spiro atoms. The van der Waals surface area contributed by atoms with Gasteiger partial charge in [0, 0.05) is 37.8 Å². The molecule has 0 radical (unpaired) electrons. The highest BCUT2D eigenvalue weighted by Crippen LogP contribution is 2.17. The number of carbonyl (C=O) groups excluding carboxylic acids is 1. The molecule has 1 aromatic carbocycles. The van der Waals surface area contributed by atoms with Gasteiger partial charge < -0.3 is 15.0 Å². The number of halogens is 1. The Bertz CT molecular complexity index is 702. The van der Waals surface area contributed by atoms with Gasteiger partial charge in [0.25, 0.3) is 5.91 Å². The first kappa shape index (κ1) is 18.3. The van der Waals surface area contributed by atoms with Crippen molar-refractivity contribution in [1.29, 1.82) is 0 Å². The van der Waals surface area contributed by atoms with Crippen LogP contribution in [0.15, 0.2) is 24.3 Å². The van der Waals surface area contributed by atoms with E-state index in [1.165, 1.54) is 0 Å². The largest absolute Gasteiger partial charge is 0.492 e. The van der Waals surface area contributed by atoms with Gasteiger partial charge in [0.05, 0.1) is 6.54 Å². The van der Waals surface area contributed by atoms with Gasteiger partial charge in [-0.1, -0.05) is 12.1 Å². The van der Waals surface area contributed by atoms with Crippen molar-refractivity contribution in [2.75, 3.05) is 26.7 Å². The quantitative estimate of drug-likeness (QED) is 0.864. The Hall–Kier alpha value is -2.05. The van der Waals surface area contributed by atoms with Crippen LogP contribution in [-0.4, -0.2) is 47.7 Å². The molecule has 1 amide bonds. The van der Waals surface area contributed by atoms with E-state index in [2.05, 4.69) is 15.5 Å². The lowest BCUT2D eigenvalue weighted by molar-refractivity contribution is 0.0766. The molecule has 0 bridgehead atoms. The van der Waals surface area contributed by atoms with Crippen molar-refractivity contribution in [3.05, 3.63) is 46.8 Å². The molecular weight excluding hydrogens is 328 g/mol. The molecule has 2 aromatic rings. The predicted molar refractivity (Wildman–Crippen MR) is 94.9 cm³/mol. The number of nitrogens with one attached hydrogen (secondary N) is 2. The minimum atomic E-state index is -0.0703. The minimum Gasteiger partial charge on any atom is -0.492 e. The van der Waals surface area contributed by atoms with E-state index in [9.17, 15) is 4.79 Å². The number of fused-ring (bicyclic) bond motifs is 1. The van der Waals surface area contributed by atoms with E-state index in [-0.39, 0.29) is 18.3 Å². The number of ether oxygens (including phenoxy) is 1. The van der Waals surface area contributed by atoms with Crippen molar-refractivity contribution in [2.45, 2.75) is 19.9 Å². The van der Waals surface area contributed by atoms with Crippen LogP contribution in [0.5, 0.6) is 5.75 Å². The fraction of sp³-hybridized carbons (Fsp3) is 0.412. The van der Waals surface area contributed by atoms with Gasteiger partial charge in [-0.05, 0) is 24.6 Å². The number of amides is 1. The summed E-state index contributed by atoms with van der Waals surface area (Å²) in [5, 5.41) is 10.5. The first-order valence-electron chi connectivity index (χ1n) is 7.87. The van der Waals surface area contributed by atoms with Crippen LogP contribution in [0.2, 0.25) is 0 Å². The number of aryl methyl sites for hydroxylation is 1. The van der Waals surface area contributed by atoms with Gasteiger partial charge in [-0.15, -0.1) is 12.4 Å². The van der Waals surface area contributed by atoms with Gasteiger partial charge in [0.15, 0.2) is 5.69 Å². The van der Waals surface area contributed by atoms with Crippen LogP contribution in [0.25, 0.3) is 0 Å². The first-order chi connectivity index (χ1) is 11.1. The SMILES string of the molecule is Cc1cccc(OCCN(C)C(=O)c2n[nH]c3c2CNCC3)c1.Cl. The Morgan fingerprint density at radius 1 is 1.42 bits per heavy atom. The Kier molecular flexibility index (Phi) is 6.23. The molecular formula is C17H23ClN4O2. The van der Waals surface area contributed by atoms with Crippen LogP contribution >= 0.6 is 12.4 Å². The average molecular weight is 351 g/mol. The molecule has 6 nitrogen and oxygen atoms in total. The standard InChI is InChI=1S/C17H22N4O2.ClH/c1-12-4-3-5-13(10-12)23-9-8-21(2)17(22)16-14-11-18-7-6-15(14)19-20-16;/h3-5,10,18H,6-9,11H2,1-2H3,(H,19,20);1H. The molecule has 0 fully saturated rings. The molecule has 0 aliphatic carbocycles. The summed E-state index contributed by atoms with van der Waals surface area (Å²) < 4.78 is 5.70. The number of hydrogen-bond acceptors (Lipinski definition) is 4. The molecule has 3 rings (SSSR count). The zero-order chi connectivity index (χ0) is 16.2. The second kappa shape index (κ2) is 8.17. The molecule has 130 valence electrons. The van der Waals surface area contributed by atoms with E-state index in [0.29, 0.717) is 25.4 Å². The number of aromatic nitrogens is 2. The lowest BCUT2D eigenvalue weighted by Gasteiger charge is -2.18. The van der Waals surface area contributed by atoms with Crippen LogP contribution in [0.1, 0.15) is 27.3 Å². The number of aromatic amines is 1. The van der Waals surface area contributed by atoms with Crippen LogP contribution in [0, 0.1) is 6.92 Å². The molecule has 1 aromatic heterocycles. The number of nitrogens with zero attached hydrogens (tertiary/aromatic N) is 2. The summed E-state index contributed by atoms with van der Waals surface area (Å²) in [4.78, 5) is 14.2. The summed E-state index contributed by atoms with van der Waals surface area (Å²) in [6.07, 6.45) is 0.885. The lowest BCUT2D eigenvalue weighted by atomic mass is 10.1. The molecule has 0 unspecified atom stereocenters. The first-order valence-corrected chi connectivity index (χ1v) is 7.87. The second-order valence-corrected chi connectivity index (χ2v) is 5.85. The van der Waals surface area contributed by atoms with Gasteiger partial charge in [-0.2, -0.15) is 5.10 Å². The maximum Gasteiger partial charge on any atom is 0.274 e. The van der Waals surface area contributed by atoms with Crippen LogP contribution in [0.3, 0.4) is 0 Å². The van der Waals surface area contributed by atoms with Crippen LogP contribution < -0.4 is 10.1 Å². The third kappa shape index (κ3) is 4.07. The van der Waals surface area contributed by atoms with Crippen LogP contribution in [0.4, 0.5) is 0 Å². The summed E-state index contributed by atoms with van der Waals surface area (Å²) in [7, 11) is 1.78. The summed E-state index contributed by atoms with van der Waals surface area (Å²) in [5.41, 5.74) is 3.73. The Balaban J connectivity index is 0.00000208. The maximum absolute atomic E-state index is 12.5. The molecule has 0 atom stereocenters. The van der Waals surface area contributed by atoms with Gasteiger partial charge in [0.2, 0.25) is 0 Å². The normalized spacial score (nSPS) is 12.9. The summed E-state index contributed by atoms with van der Waals surface area (Å²) in [6.45, 7) is 4.61. The van der Waals surface area contributed by atoms with Gasteiger partial charge >= 0.3 is 0 Å². The molecule has 0 saturated heterocycles. The number of hydrogen-bond donors (Lipinski definition) is 2. The summed E-state index contributed by atoms with van der Waals surface area (Å²) in [5.74, 6) is 0.756. The fourth-order valence-corrected chi connectivity index (χ4v) is 2.69. The second-order valence-electron chi connectivity index (χ2n) is 5.85. The monoisotopic (exact) mass is 350 g/mol. The molecule has 1 aliphatic rings. The number of benzene rings is 1. The van der Waals surface area contributed by atoms with E-state index in [1.54, 1.807) is 11.9 Å². The van der Waals surface area contributed by atoms with E-state index in [4.69, 9.17) is 4.74 Å². The number of carbonyl (C=O) groups is 1. The third-order valence-corrected chi connectivity index (χ3v) is 4.04. The fourth-order valence-electron chi connectivity index (χ4n) is 2.69. The molecule has 0 saturated carbocycles. The summed E-state index contributed by atoms with van der Waals surface area (Å²) >= 11 is 0. The van der Waals surface area contributed by atoms with Crippen LogP contribution in [-0.2, 0) is 13.0 Å². The van der Waals surface area contributed by atoms with E-state index < -0.39 is 0 Å². The Morgan fingerprint density at radius 2 is 2.25 bits per heavy atom. The lowest BCUT2D eigenvalue weighted by Crippen LogP contribution is -2.33. The highest BCUT2D eigenvalue weighted by atomic mass is 35.5. The number of likely N-dealkylation sites (N-methyl/N-ethyl adjacent to an activating group) is 1. The van der Waals surface area contributed by atoms with E-state index >= 15 is 0 Å². The predicted octanol–water partition coefficient (Wildman–Crippen LogP) is 1.94. The number of H-pyrrole nitrogens is 1. The highest BCUT2D eigenvalue weighted by Gasteiger charge is 2.23. The molecule has 2 heterocycles.